The van der Waals surface area contributed by atoms with E-state index in [0.29, 0.717) is 22.3 Å². The molecule has 2 aromatic heterocycles. The molecule has 3 aromatic rings. The summed E-state index contributed by atoms with van der Waals surface area (Å²) in [6, 6.07) is 5.13. The number of anilines is 1. The van der Waals surface area contributed by atoms with Crippen LogP contribution in [-0.2, 0) is 17.9 Å². The molecule has 0 radical (unpaired) electrons. The molecule has 12 heteroatoms. The van der Waals surface area contributed by atoms with Gasteiger partial charge in [-0.3, -0.25) is 24.9 Å². The second kappa shape index (κ2) is 7.95. The van der Waals surface area contributed by atoms with Crippen LogP contribution in [0.1, 0.15) is 17.0 Å². The van der Waals surface area contributed by atoms with E-state index in [2.05, 4.69) is 20.5 Å². The molecule has 2 heterocycles. The van der Waals surface area contributed by atoms with Crippen molar-refractivity contribution in [2.24, 2.45) is 0 Å². The smallest absolute Gasteiger partial charge is 0.292 e. The summed E-state index contributed by atoms with van der Waals surface area (Å²) in [5.41, 5.74) is 1.24. The van der Waals surface area contributed by atoms with Gasteiger partial charge in [0.15, 0.2) is 0 Å². The number of aryl methyl sites for hydroxylation is 1. The van der Waals surface area contributed by atoms with Crippen LogP contribution in [0, 0.1) is 24.0 Å². The predicted molar refractivity (Wildman–Crippen MR) is 103 cm³/mol. The Labute approximate surface area is 169 Å². The molecule has 0 unspecified atom stereocenters. The number of halogens is 2. The Morgan fingerprint density at radius 2 is 2.04 bits per heavy atom. The maximum atomic E-state index is 12.2. The molecule has 0 aliphatic carbocycles. The molecule has 10 nitrogen and oxygen atoms in total. The highest BCUT2D eigenvalue weighted by Gasteiger charge is 2.23. The predicted octanol–water partition coefficient (Wildman–Crippen LogP) is 2.99. The van der Waals surface area contributed by atoms with Crippen LogP contribution < -0.4 is 5.32 Å². The second-order valence-electron chi connectivity index (χ2n) is 5.98. The Morgan fingerprint density at radius 1 is 1.29 bits per heavy atom. The summed E-state index contributed by atoms with van der Waals surface area (Å²) in [6.45, 7) is 3.21. The SMILES string of the molecule is Cc1nn(CC(=O)Nc2ncn(Cc3ccc(Cl)cc3Cl)n2)c(C)c1[N+](=O)[O-]. The van der Waals surface area contributed by atoms with Crippen molar-refractivity contribution >= 4 is 40.7 Å². The highest BCUT2D eigenvalue weighted by molar-refractivity contribution is 6.35. The van der Waals surface area contributed by atoms with Crippen molar-refractivity contribution in [2.45, 2.75) is 26.9 Å². The number of nitro groups is 1. The third-order valence-electron chi connectivity index (χ3n) is 3.95. The third-order valence-corrected chi connectivity index (χ3v) is 4.54. The van der Waals surface area contributed by atoms with Gasteiger partial charge in [0.1, 0.15) is 24.3 Å². The van der Waals surface area contributed by atoms with Crippen molar-refractivity contribution in [3.05, 3.63) is 61.6 Å². The molecule has 0 fully saturated rings. The van der Waals surface area contributed by atoms with Crippen molar-refractivity contribution in [2.75, 3.05) is 5.32 Å². The summed E-state index contributed by atoms with van der Waals surface area (Å²) in [6.07, 6.45) is 1.45. The summed E-state index contributed by atoms with van der Waals surface area (Å²) < 4.78 is 2.78. The lowest BCUT2D eigenvalue weighted by Gasteiger charge is -2.05. The number of benzene rings is 1. The zero-order valence-corrected chi connectivity index (χ0v) is 16.4. The van der Waals surface area contributed by atoms with E-state index in [4.69, 9.17) is 23.2 Å². The Hall–Kier alpha value is -2.98. The number of carbonyl (C=O) groups is 1. The van der Waals surface area contributed by atoms with Crippen LogP contribution in [0.3, 0.4) is 0 Å². The molecule has 3 rings (SSSR count). The quantitative estimate of drug-likeness (QED) is 0.480. The molecule has 28 heavy (non-hydrogen) atoms. The van der Waals surface area contributed by atoms with Crippen LogP contribution in [0.25, 0.3) is 0 Å². The number of carbonyl (C=O) groups excluding carboxylic acids is 1. The van der Waals surface area contributed by atoms with E-state index in [9.17, 15) is 14.9 Å². The van der Waals surface area contributed by atoms with Gasteiger partial charge >= 0.3 is 5.69 Å². The van der Waals surface area contributed by atoms with Crippen molar-refractivity contribution in [3.8, 4) is 0 Å². The standard InChI is InChI=1S/C16H15Cl2N7O3/c1-9-15(25(27)28)10(2)24(21-9)7-14(26)20-16-19-8-23(22-16)6-11-3-4-12(17)5-13(11)18/h3-5,8H,6-7H2,1-2H3,(H,20,22,26). The Balaban J connectivity index is 1.66. The van der Waals surface area contributed by atoms with E-state index >= 15 is 0 Å². The van der Waals surface area contributed by atoms with Crippen molar-refractivity contribution in [1.29, 1.82) is 0 Å². The fourth-order valence-electron chi connectivity index (χ4n) is 2.66. The van der Waals surface area contributed by atoms with Gasteiger partial charge in [-0.1, -0.05) is 29.3 Å². The van der Waals surface area contributed by atoms with Crippen molar-refractivity contribution in [3.63, 3.8) is 0 Å². The highest BCUT2D eigenvalue weighted by atomic mass is 35.5. The molecular weight excluding hydrogens is 409 g/mol. The number of nitrogens with zero attached hydrogens (tertiary/aromatic N) is 6. The minimum absolute atomic E-state index is 0.102. The summed E-state index contributed by atoms with van der Waals surface area (Å²) in [7, 11) is 0. The number of hydrogen-bond acceptors (Lipinski definition) is 6. The van der Waals surface area contributed by atoms with Crippen LogP contribution in [0.5, 0.6) is 0 Å². The second-order valence-corrected chi connectivity index (χ2v) is 6.83. The van der Waals surface area contributed by atoms with Crippen LogP contribution in [0.15, 0.2) is 24.5 Å². The van der Waals surface area contributed by atoms with E-state index in [1.165, 1.54) is 29.5 Å². The molecule has 1 amide bonds. The van der Waals surface area contributed by atoms with Crippen molar-refractivity contribution < 1.29 is 9.72 Å². The minimum atomic E-state index is -0.517. The average Bonchev–Trinajstić information content (AvgIpc) is 3.14. The maximum Gasteiger partial charge on any atom is 0.312 e. The summed E-state index contributed by atoms with van der Waals surface area (Å²) >= 11 is 12.0. The summed E-state index contributed by atoms with van der Waals surface area (Å²) in [5, 5.41) is 22.8. The molecule has 0 saturated carbocycles. The molecular formula is C16H15Cl2N7O3. The van der Waals surface area contributed by atoms with Crippen LogP contribution >= 0.6 is 23.2 Å². The highest BCUT2D eigenvalue weighted by Crippen LogP contribution is 2.22. The molecule has 0 bridgehead atoms. The molecule has 146 valence electrons. The molecule has 1 aromatic carbocycles. The van der Waals surface area contributed by atoms with E-state index < -0.39 is 10.8 Å². The first-order valence-corrected chi connectivity index (χ1v) is 8.82. The maximum absolute atomic E-state index is 12.2. The first-order valence-electron chi connectivity index (χ1n) is 8.06. The van der Waals surface area contributed by atoms with Crippen LogP contribution in [0.4, 0.5) is 11.6 Å². The molecule has 0 aliphatic heterocycles. The molecule has 1 N–H and O–H groups in total. The van der Waals surface area contributed by atoms with Crippen LogP contribution in [0.2, 0.25) is 10.0 Å². The Bertz CT molecular complexity index is 1060. The normalized spacial score (nSPS) is 10.9. The zero-order valence-electron chi connectivity index (χ0n) is 14.9. The van der Waals surface area contributed by atoms with E-state index in [1.807, 2.05) is 0 Å². The van der Waals surface area contributed by atoms with Gasteiger partial charge in [0.05, 0.1) is 11.5 Å². The monoisotopic (exact) mass is 423 g/mol. The number of rotatable bonds is 6. The molecule has 0 saturated heterocycles. The van der Waals surface area contributed by atoms with Gasteiger partial charge in [0.25, 0.3) is 0 Å². The van der Waals surface area contributed by atoms with Gasteiger partial charge < -0.3 is 0 Å². The largest absolute Gasteiger partial charge is 0.312 e. The Kier molecular flexibility index (Phi) is 5.61. The van der Waals surface area contributed by atoms with Gasteiger partial charge in [-0.05, 0) is 31.5 Å². The fourth-order valence-corrected chi connectivity index (χ4v) is 3.13. The zero-order chi connectivity index (χ0) is 20.4. The van der Waals surface area contributed by atoms with Gasteiger partial charge in [0, 0.05) is 10.0 Å². The van der Waals surface area contributed by atoms with Gasteiger partial charge in [-0.2, -0.15) is 5.10 Å². The Morgan fingerprint density at radius 3 is 2.68 bits per heavy atom. The number of nitrogens with one attached hydrogen (secondary N) is 1. The van der Waals surface area contributed by atoms with Crippen LogP contribution in [-0.4, -0.2) is 35.4 Å². The number of hydrogen-bond donors (Lipinski definition) is 1. The minimum Gasteiger partial charge on any atom is -0.292 e. The van der Waals surface area contributed by atoms with E-state index in [1.54, 1.807) is 18.2 Å². The lowest BCUT2D eigenvalue weighted by atomic mass is 10.2. The molecule has 0 atom stereocenters. The van der Waals surface area contributed by atoms with Gasteiger partial charge in [-0.25, -0.2) is 9.67 Å². The van der Waals surface area contributed by atoms with E-state index in [0.717, 1.165) is 5.56 Å². The third kappa shape index (κ3) is 4.29. The fraction of sp³-hybridized carbons (Fsp3) is 0.250. The summed E-state index contributed by atoms with van der Waals surface area (Å²) in [5.74, 6) is -0.353. The number of amides is 1. The van der Waals surface area contributed by atoms with Gasteiger partial charge in [-0.15, -0.1) is 5.10 Å². The summed E-state index contributed by atoms with van der Waals surface area (Å²) in [4.78, 5) is 26.8. The lowest BCUT2D eigenvalue weighted by molar-refractivity contribution is -0.386. The molecule has 0 aliphatic rings. The lowest BCUT2D eigenvalue weighted by Crippen LogP contribution is -2.21. The van der Waals surface area contributed by atoms with Crippen molar-refractivity contribution in [1.82, 2.24) is 24.5 Å². The first kappa shape index (κ1) is 19.8. The topological polar surface area (TPSA) is 121 Å². The average molecular weight is 424 g/mol. The molecule has 0 spiro atoms. The van der Waals surface area contributed by atoms with E-state index in [-0.39, 0.29) is 23.9 Å². The number of aromatic nitrogens is 5. The van der Waals surface area contributed by atoms with Gasteiger partial charge in [0.2, 0.25) is 11.9 Å². The first-order chi connectivity index (χ1) is 13.2.